The van der Waals surface area contributed by atoms with Gasteiger partial charge in [0, 0.05) is 19.3 Å². The molecular formula is C72H124O6. The lowest BCUT2D eigenvalue weighted by atomic mass is 10.0. The Bertz CT molecular complexity index is 1530. The standard InChI is InChI=1S/C72H124O6/c1-4-7-10-13-16-19-22-24-26-28-29-30-31-32-33-34-35-36-37-38-39-40-41-42-43-45-46-48-50-53-56-59-62-65-71(74)77-68-69(67-76-70(73)64-61-58-55-52-21-18-15-12-9-6-3)78-72(75)66-63-60-57-54-51-49-47-44-27-25-23-20-17-14-11-8-5-2/h7,10,16,19,24-27,29-30,32-33,35-36,38-39,69H,4-6,8-9,11-15,17-18,20-23,28,31,34,37,40-68H2,1-3H3/b10-7-,19-16-,26-24-,27-25-,30-29-,33-32-,36-35-,39-38-. The van der Waals surface area contributed by atoms with Gasteiger partial charge in [0.1, 0.15) is 13.2 Å². The average Bonchev–Trinajstić information content (AvgIpc) is 3.44. The molecule has 0 saturated heterocycles. The molecule has 0 saturated carbocycles. The van der Waals surface area contributed by atoms with E-state index in [4.69, 9.17) is 14.2 Å². The van der Waals surface area contributed by atoms with E-state index < -0.39 is 6.10 Å². The Hall–Kier alpha value is -3.67. The highest BCUT2D eigenvalue weighted by Crippen LogP contribution is 2.16. The van der Waals surface area contributed by atoms with Gasteiger partial charge in [0.05, 0.1) is 0 Å². The molecule has 1 unspecified atom stereocenters. The molecule has 0 rings (SSSR count). The average molecular weight is 1090 g/mol. The molecular weight excluding hydrogens is 961 g/mol. The number of carbonyl (C=O) groups is 3. The Morgan fingerprint density at radius 1 is 0.269 bits per heavy atom. The Morgan fingerprint density at radius 2 is 0.500 bits per heavy atom. The van der Waals surface area contributed by atoms with E-state index in [1.54, 1.807) is 0 Å². The number of rotatable bonds is 60. The maximum Gasteiger partial charge on any atom is 0.306 e. The SMILES string of the molecule is CC/C=C\C/C=C\C/C=C\C/C=C\C/C=C\C/C=C\C/C=C\CCCCCCCCCCCCCC(=O)OCC(COC(=O)CCCCCCCCCCCC)OC(=O)CCCCCCCCC/C=C\CCCCCCCC. The highest BCUT2D eigenvalue weighted by molar-refractivity contribution is 5.71. The second-order valence-corrected chi connectivity index (χ2v) is 22.0. The van der Waals surface area contributed by atoms with Crippen molar-refractivity contribution in [3.05, 3.63) is 97.2 Å². The molecule has 448 valence electrons. The third-order valence-electron chi connectivity index (χ3n) is 14.3. The Morgan fingerprint density at radius 3 is 0.795 bits per heavy atom. The summed E-state index contributed by atoms with van der Waals surface area (Å²) in [6, 6.07) is 0. The van der Waals surface area contributed by atoms with Gasteiger partial charge in [-0.15, -0.1) is 0 Å². The molecule has 0 amide bonds. The third kappa shape index (κ3) is 63.2. The molecule has 78 heavy (non-hydrogen) atoms. The number of unbranched alkanes of at least 4 members (excludes halogenated alkanes) is 33. The van der Waals surface area contributed by atoms with Crippen molar-refractivity contribution in [3.8, 4) is 0 Å². The minimum absolute atomic E-state index is 0.0759. The number of hydrogen-bond donors (Lipinski definition) is 0. The summed E-state index contributed by atoms with van der Waals surface area (Å²) in [7, 11) is 0. The molecule has 0 aliphatic carbocycles. The first-order chi connectivity index (χ1) is 38.5. The molecule has 0 heterocycles. The second kappa shape index (κ2) is 65.8. The first kappa shape index (κ1) is 74.3. The largest absolute Gasteiger partial charge is 0.462 e. The van der Waals surface area contributed by atoms with Crippen LogP contribution in [0.2, 0.25) is 0 Å². The molecule has 0 aliphatic heterocycles. The van der Waals surface area contributed by atoms with Crippen LogP contribution in [0.25, 0.3) is 0 Å². The van der Waals surface area contributed by atoms with Crippen LogP contribution in [0.3, 0.4) is 0 Å². The Kier molecular flexibility index (Phi) is 62.7. The van der Waals surface area contributed by atoms with Crippen LogP contribution in [-0.2, 0) is 28.6 Å². The molecule has 0 aliphatic rings. The molecule has 0 bridgehead atoms. The van der Waals surface area contributed by atoms with Gasteiger partial charge < -0.3 is 14.2 Å². The molecule has 0 aromatic heterocycles. The summed E-state index contributed by atoms with van der Waals surface area (Å²) < 4.78 is 16.9. The van der Waals surface area contributed by atoms with Gasteiger partial charge in [0.2, 0.25) is 0 Å². The van der Waals surface area contributed by atoms with E-state index in [2.05, 4.69) is 118 Å². The third-order valence-corrected chi connectivity index (χ3v) is 14.3. The fourth-order valence-corrected chi connectivity index (χ4v) is 9.36. The quantitative estimate of drug-likeness (QED) is 0.0261. The second-order valence-electron chi connectivity index (χ2n) is 22.0. The first-order valence-electron chi connectivity index (χ1n) is 33.2. The highest BCUT2D eigenvalue weighted by atomic mass is 16.6. The van der Waals surface area contributed by atoms with Crippen LogP contribution in [0.1, 0.15) is 323 Å². The topological polar surface area (TPSA) is 78.9 Å². The lowest BCUT2D eigenvalue weighted by Crippen LogP contribution is -2.30. The maximum atomic E-state index is 12.9. The molecule has 6 heteroatoms. The van der Waals surface area contributed by atoms with E-state index in [0.717, 1.165) is 103 Å². The summed E-state index contributed by atoms with van der Waals surface area (Å²) >= 11 is 0. The van der Waals surface area contributed by atoms with Gasteiger partial charge in [-0.2, -0.15) is 0 Å². The van der Waals surface area contributed by atoms with E-state index in [1.807, 2.05) is 0 Å². The van der Waals surface area contributed by atoms with Gasteiger partial charge in [-0.05, 0) is 103 Å². The van der Waals surface area contributed by atoms with Gasteiger partial charge in [-0.3, -0.25) is 14.4 Å². The maximum absolute atomic E-state index is 12.9. The zero-order valence-electron chi connectivity index (χ0n) is 51.4. The van der Waals surface area contributed by atoms with Gasteiger partial charge in [-0.1, -0.05) is 298 Å². The fraction of sp³-hybridized carbons (Fsp3) is 0.736. The van der Waals surface area contributed by atoms with Crippen LogP contribution in [0.15, 0.2) is 97.2 Å². The predicted molar refractivity (Wildman–Crippen MR) is 339 cm³/mol. The van der Waals surface area contributed by atoms with E-state index in [1.165, 1.54) is 180 Å². The number of esters is 3. The van der Waals surface area contributed by atoms with Gasteiger partial charge in [0.15, 0.2) is 6.10 Å². The van der Waals surface area contributed by atoms with E-state index >= 15 is 0 Å². The molecule has 0 N–H and O–H groups in total. The minimum atomic E-state index is -0.778. The van der Waals surface area contributed by atoms with Gasteiger partial charge in [-0.25, -0.2) is 0 Å². The van der Waals surface area contributed by atoms with Crippen molar-refractivity contribution in [2.24, 2.45) is 0 Å². The minimum Gasteiger partial charge on any atom is -0.462 e. The lowest BCUT2D eigenvalue weighted by molar-refractivity contribution is -0.167. The van der Waals surface area contributed by atoms with Crippen molar-refractivity contribution >= 4 is 17.9 Å². The molecule has 0 aromatic carbocycles. The molecule has 0 fully saturated rings. The fourth-order valence-electron chi connectivity index (χ4n) is 9.36. The van der Waals surface area contributed by atoms with Crippen LogP contribution >= 0.6 is 0 Å². The smallest absolute Gasteiger partial charge is 0.306 e. The predicted octanol–water partition coefficient (Wildman–Crippen LogP) is 22.8. The molecule has 6 nitrogen and oxygen atoms in total. The molecule has 0 aromatic rings. The zero-order chi connectivity index (χ0) is 56.4. The van der Waals surface area contributed by atoms with Crippen molar-refractivity contribution < 1.29 is 28.6 Å². The summed E-state index contributed by atoms with van der Waals surface area (Å²) in [5.74, 6) is -0.873. The number of hydrogen-bond acceptors (Lipinski definition) is 6. The van der Waals surface area contributed by atoms with Crippen molar-refractivity contribution in [3.63, 3.8) is 0 Å². The van der Waals surface area contributed by atoms with Crippen molar-refractivity contribution in [1.29, 1.82) is 0 Å². The molecule has 1 atom stereocenters. The number of carbonyl (C=O) groups excluding carboxylic acids is 3. The van der Waals surface area contributed by atoms with Crippen LogP contribution in [0, 0.1) is 0 Å². The van der Waals surface area contributed by atoms with Crippen LogP contribution in [-0.4, -0.2) is 37.2 Å². The van der Waals surface area contributed by atoms with E-state index in [-0.39, 0.29) is 31.1 Å². The van der Waals surface area contributed by atoms with Gasteiger partial charge >= 0.3 is 17.9 Å². The monoisotopic (exact) mass is 1080 g/mol. The summed E-state index contributed by atoms with van der Waals surface area (Å²) in [5.41, 5.74) is 0. The summed E-state index contributed by atoms with van der Waals surface area (Å²) in [4.78, 5) is 38.2. The summed E-state index contributed by atoms with van der Waals surface area (Å²) in [6.45, 7) is 6.53. The lowest BCUT2D eigenvalue weighted by Gasteiger charge is -2.18. The van der Waals surface area contributed by atoms with Crippen LogP contribution in [0.5, 0.6) is 0 Å². The first-order valence-corrected chi connectivity index (χ1v) is 33.2. The van der Waals surface area contributed by atoms with E-state index in [9.17, 15) is 14.4 Å². The van der Waals surface area contributed by atoms with Crippen molar-refractivity contribution in [2.75, 3.05) is 13.2 Å². The normalized spacial score (nSPS) is 12.7. The van der Waals surface area contributed by atoms with Crippen LogP contribution < -0.4 is 0 Å². The number of ether oxygens (including phenoxy) is 3. The molecule has 0 radical (unpaired) electrons. The molecule has 0 spiro atoms. The van der Waals surface area contributed by atoms with E-state index in [0.29, 0.717) is 19.3 Å². The summed E-state index contributed by atoms with van der Waals surface area (Å²) in [5, 5.41) is 0. The van der Waals surface area contributed by atoms with Crippen LogP contribution in [0.4, 0.5) is 0 Å². The highest BCUT2D eigenvalue weighted by Gasteiger charge is 2.19. The Labute approximate surface area is 483 Å². The number of allylic oxidation sites excluding steroid dienone is 16. The van der Waals surface area contributed by atoms with Crippen molar-refractivity contribution in [1.82, 2.24) is 0 Å². The Balaban J connectivity index is 4.17. The zero-order valence-corrected chi connectivity index (χ0v) is 51.4. The summed E-state index contributed by atoms with van der Waals surface area (Å²) in [6.07, 6.45) is 88.6. The van der Waals surface area contributed by atoms with Gasteiger partial charge in [0.25, 0.3) is 0 Å². The van der Waals surface area contributed by atoms with Crippen molar-refractivity contribution in [2.45, 2.75) is 329 Å².